The Morgan fingerprint density at radius 3 is 2.00 bits per heavy atom. The molecule has 2 aromatic rings. The molecule has 1 heterocycles. The van der Waals surface area contributed by atoms with Crippen molar-refractivity contribution in [2.24, 2.45) is 0 Å². The van der Waals surface area contributed by atoms with Crippen LogP contribution in [-0.4, -0.2) is 50.1 Å². The van der Waals surface area contributed by atoms with E-state index in [9.17, 15) is 14.4 Å². The van der Waals surface area contributed by atoms with Gasteiger partial charge in [0.25, 0.3) is 0 Å². The quantitative estimate of drug-likeness (QED) is 0.573. The van der Waals surface area contributed by atoms with Crippen LogP contribution in [0.25, 0.3) is 0 Å². The molecule has 1 N–H and O–H groups in total. The summed E-state index contributed by atoms with van der Waals surface area (Å²) in [7, 11) is 4.10. The Hall–Kier alpha value is -3.29. The number of carbonyl (C=O) groups excluding carboxylic acids is 3. The molecule has 2 rings (SSSR count). The van der Waals surface area contributed by atoms with Crippen LogP contribution in [-0.2, 0) is 9.47 Å². The minimum atomic E-state index is -1.11. The van der Waals surface area contributed by atoms with E-state index in [0.29, 0.717) is 11.3 Å². The molecule has 0 saturated heterocycles. The van der Waals surface area contributed by atoms with Crippen LogP contribution in [0.15, 0.2) is 18.2 Å². The first-order chi connectivity index (χ1) is 13.3. The second-order valence-electron chi connectivity index (χ2n) is 6.07. The van der Waals surface area contributed by atoms with E-state index in [-0.39, 0.29) is 28.3 Å². The van der Waals surface area contributed by atoms with Gasteiger partial charge in [0.1, 0.15) is 17.1 Å². The van der Waals surface area contributed by atoms with Crippen LogP contribution < -0.4 is 9.47 Å². The van der Waals surface area contributed by atoms with Crippen LogP contribution in [0.1, 0.15) is 49.4 Å². The predicted molar refractivity (Wildman–Crippen MR) is 100 cm³/mol. The molecule has 0 bridgehead atoms. The van der Waals surface area contributed by atoms with Crippen molar-refractivity contribution in [1.29, 1.82) is 0 Å². The summed E-state index contributed by atoms with van der Waals surface area (Å²) < 4.78 is 20.5. The van der Waals surface area contributed by atoms with Crippen LogP contribution in [0, 0.1) is 13.8 Å². The highest BCUT2D eigenvalue weighted by Gasteiger charge is 2.29. The van der Waals surface area contributed by atoms with Gasteiger partial charge in [-0.05, 0) is 38.5 Å². The van der Waals surface area contributed by atoms with Crippen molar-refractivity contribution in [3.05, 3.63) is 46.3 Å². The number of aryl methyl sites for hydroxylation is 1. The topological polar surface area (TPSA) is 104 Å². The van der Waals surface area contributed by atoms with Crippen molar-refractivity contribution in [3.63, 3.8) is 0 Å². The van der Waals surface area contributed by atoms with Crippen LogP contribution in [0.3, 0.4) is 0 Å². The fourth-order valence-electron chi connectivity index (χ4n) is 2.93. The van der Waals surface area contributed by atoms with Gasteiger partial charge < -0.3 is 23.9 Å². The highest BCUT2D eigenvalue weighted by atomic mass is 16.6. The SMILES string of the molecule is COC(=O)c1c(C)[nH]c(C(=O)[C@@H](C)OC(=O)c2c(OC)cccc2OC)c1C. The monoisotopic (exact) mass is 389 g/mol. The molecule has 28 heavy (non-hydrogen) atoms. The summed E-state index contributed by atoms with van der Waals surface area (Å²) in [6.07, 6.45) is -1.11. The number of ketones is 1. The number of nitrogens with one attached hydrogen (secondary N) is 1. The first kappa shape index (κ1) is 21.0. The number of hydrogen-bond acceptors (Lipinski definition) is 7. The Kier molecular flexibility index (Phi) is 6.45. The molecule has 0 unspecified atom stereocenters. The van der Waals surface area contributed by atoms with Gasteiger partial charge >= 0.3 is 11.9 Å². The van der Waals surface area contributed by atoms with Crippen molar-refractivity contribution < 1.29 is 33.3 Å². The van der Waals surface area contributed by atoms with Gasteiger partial charge in [-0.2, -0.15) is 0 Å². The van der Waals surface area contributed by atoms with Gasteiger partial charge in [-0.1, -0.05) is 6.07 Å². The summed E-state index contributed by atoms with van der Waals surface area (Å²) in [5.74, 6) is -1.25. The predicted octanol–water partition coefficient (Wildman–Crippen LogP) is 2.86. The van der Waals surface area contributed by atoms with Gasteiger partial charge in [-0.25, -0.2) is 9.59 Å². The van der Waals surface area contributed by atoms with Crippen molar-refractivity contribution in [1.82, 2.24) is 4.98 Å². The summed E-state index contributed by atoms with van der Waals surface area (Å²) in [6, 6.07) is 4.85. The molecule has 0 spiro atoms. The lowest BCUT2D eigenvalue weighted by molar-refractivity contribution is 0.0310. The Bertz CT molecular complexity index is 891. The highest BCUT2D eigenvalue weighted by Crippen LogP contribution is 2.29. The molecule has 0 amide bonds. The zero-order valence-corrected chi connectivity index (χ0v) is 16.7. The molecular weight excluding hydrogens is 366 g/mol. The molecule has 0 radical (unpaired) electrons. The van der Waals surface area contributed by atoms with Gasteiger partial charge in [0, 0.05) is 5.69 Å². The second-order valence-corrected chi connectivity index (χ2v) is 6.07. The number of benzene rings is 1. The molecule has 150 valence electrons. The van der Waals surface area contributed by atoms with Crippen LogP contribution in [0.4, 0.5) is 0 Å². The summed E-state index contributed by atoms with van der Waals surface area (Å²) in [4.78, 5) is 40.2. The van der Waals surface area contributed by atoms with Crippen molar-refractivity contribution in [3.8, 4) is 11.5 Å². The molecule has 8 heteroatoms. The third-order valence-corrected chi connectivity index (χ3v) is 4.36. The fourth-order valence-corrected chi connectivity index (χ4v) is 2.93. The van der Waals surface area contributed by atoms with Crippen LogP contribution in [0.2, 0.25) is 0 Å². The lowest BCUT2D eigenvalue weighted by atomic mass is 10.1. The molecule has 0 saturated carbocycles. The molecule has 0 fully saturated rings. The number of H-pyrrole nitrogens is 1. The molecule has 0 aliphatic heterocycles. The van der Waals surface area contributed by atoms with E-state index < -0.39 is 23.8 Å². The minimum Gasteiger partial charge on any atom is -0.496 e. The van der Waals surface area contributed by atoms with Gasteiger partial charge in [0.15, 0.2) is 6.10 Å². The largest absolute Gasteiger partial charge is 0.496 e. The van der Waals surface area contributed by atoms with Gasteiger partial charge in [0.2, 0.25) is 5.78 Å². The molecule has 1 atom stereocenters. The second kappa shape index (κ2) is 8.60. The Balaban J connectivity index is 2.29. The molecule has 1 aromatic heterocycles. The Morgan fingerprint density at radius 2 is 1.50 bits per heavy atom. The standard InChI is InChI=1S/C20H23NO7/c1-10-15(19(23)27-6)11(2)21-17(10)18(22)12(3)28-20(24)16-13(25-4)8-7-9-14(16)26-5/h7-9,12,21H,1-6H3/t12-/m1/s1. The molecule has 0 aliphatic rings. The van der Waals surface area contributed by atoms with E-state index in [1.54, 1.807) is 32.0 Å². The van der Waals surface area contributed by atoms with Crippen molar-refractivity contribution in [2.75, 3.05) is 21.3 Å². The maximum absolute atomic E-state index is 12.8. The average Bonchev–Trinajstić information content (AvgIpc) is 2.99. The van der Waals surface area contributed by atoms with E-state index >= 15 is 0 Å². The van der Waals surface area contributed by atoms with Crippen LogP contribution >= 0.6 is 0 Å². The zero-order valence-electron chi connectivity index (χ0n) is 16.7. The maximum atomic E-state index is 12.8. The average molecular weight is 389 g/mol. The smallest absolute Gasteiger partial charge is 0.346 e. The molecular formula is C20H23NO7. The number of aromatic nitrogens is 1. The number of rotatable bonds is 7. The summed E-state index contributed by atoms with van der Waals surface area (Å²) in [5, 5.41) is 0. The summed E-state index contributed by atoms with van der Waals surface area (Å²) >= 11 is 0. The lowest BCUT2D eigenvalue weighted by Crippen LogP contribution is -2.26. The van der Waals surface area contributed by atoms with E-state index in [4.69, 9.17) is 18.9 Å². The summed E-state index contributed by atoms with van der Waals surface area (Å²) in [6.45, 7) is 4.74. The lowest BCUT2D eigenvalue weighted by Gasteiger charge is -2.15. The van der Waals surface area contributed by atoms with Gasteiger partial charge in [0.05, 0.1) is 32.6 Å². The number of hydrogen-bond donors (Lipinski definition) is 1. The normalized spacial score (nSPS) is 11.5. The van der Waals surface area contributed by atoms with E-state index in [1.165, 1.54) is 28.3 Å². The van der Waals surface area contributed by atoms with E-state index in [1.807, 2.05) is 0 Å². The highest BCUT2D eigenvalue weighted by molar-refractivity contribution is 6.05. The Labute approximate surface area is 162 Å². The minimum absolute atomic E-state index is 0.0850. The molecule has 0 aliphatic carbocycles. The zero-order chi connectivity index (χ0) is 21.0. The number of methoxy groups -OCH3 is 3. The fraction of sp³-hybridized carbons (Fsp3) is 0.350. The number of ether oxygens (including phenoxy) is 4. The number of esters is 2. The van der Waals surface area contributed by atoms with Crippen molar-refractivity contribution in [2.45, 2.75) is 26.9 Å². The van der Waals surface area contributed by atoms with Gasteiger partial charge in [-0.3, -0.25) is 4.79 Å². The third kappa shape index (κ3) is 3.85. The first-order valence-electron chi connectivity index (χ1n) is 8.50. The first-order valence-corrected chi connectivity index (χ1v) is 8.50. The molecule has 1 aromatic carbocycles. The Morgan fingerprint density at radius 1 is 0.929 bits per heavy atom. The van der Waals surface area contributed by atoms with E-state index in [0.717, 1.165) is 0 Å². The number of carbonyl (C=O) groups is 3. The summed E-state index contributed by atoms with van der Waals surface area (Å²) in [5.41, 5.74) is 1.49. The van der Waals surface area contributed by atoms with Crippen molar-refractivity contribution >= 4 is 17.7 Å². The number of Topliss-reactive ketones (excluding diaryl/α,β-unsaturated/α-hetero) is 1. The third-order valence-electron chi connectivity index (χ3n) is 4.36. The molecule has 8 nitrogen and oxygen atoms in total. The maximum Gasteiger partial charge on any atom is 0.346 e. The van der Waals surface area contributed by atoms with Gasteiger partial charge in [-0.15, -0.1) is 0 Å². The van der Waals surface area contributed by atoms with E-state index in [2.05, 4.69) is 4.98 Å². The number of aromatic amines is 1. The van der Waals surface area contributed by atoms with Crippen LogP contribution in [0.5, 0.6) is 11.5 Å².